The lowest BCUT2D eigenvalue weighted by Gasteiger charge is -2.34. The molecule has 16 aromatic rings. The molecule has 0 aliphatic heterocycles. The highest BCUT2D eigenvalue weighted by atomic mass is 14.5. The van der Waals surface area contributed by atoms with Crippen molar-refractivity contribution in [3.05, 3.63) is 455 Å². The second-order valence-electron chi connectivity index (χ2n) is 27.5. The third-order valence-corrected chi connectivity index (χ3v) is 20.0. The Bertz CT molecular complexity index is 5400. The molecular weight excluding hydrogens is 1230 g/mol. The monoisotopic (exact) mass is 1310 g/mol. The summed E-state index contributed by atoms with van der Waals surface area (Å²) in [6.07, 6.45) is 0. The Kier molecular flexibility index (Phi) is 21.2. The van der Waals surface area contributed by atoms with Crippen molar-refractivity contribution in [3.8, 4) is 66.8 Å². The highest BCUT2D eigenvalue weighted by Crippen LogP contribution is 2.56. The average molecular weight is 1310 g/mol. The summed E-state index contributed by atoms with van der Waals surface area (Å²) in [6.45, 7) is 17.5. The van der Waals surface area contributed by atoms with Gasteiger partial charge in [-0.25, -0.2) is 0 Å². The number of hydrogen-bond donors (Lipinski definition) is 0. The molecule has 2 aliphatic rings. The second kappa shape index (κ2) is 31.5. The Morgan fingerprint density at radius 3 is 1.17 bits per heavy atom. The summed E-state index contributed by atoms with van der Waals surface area (Å²) < 4.78 is 0. The average Bonchev–Trinajstić information content (AvgIpc) is 1.53. The summed E-state index contributed by atoms with van der Waals surface area (Å²) in [7, 11) is 0. The Balaban J connectivity index is 0.000000111. The van der Waals surface area contributed by atoms with E-state index in [1.165, 1.54) is 155 Å². The van der Waals surface area contributed by atoms with Gasteiger partial charge < -0.3 is 0 Å². The molecule has 16 aromatic carbocycles. The lowest BCUT2D eigenvalue weighted by molar-refractivity contribution is 0.660. The maximum absolute atomic E-state index is 2.37. The first-order valence-electron chi connectivity index (χ1n) is 35.7. The largest absolute Gasteiger partial charge is 0.0713 e. The van der Waals surface area contributed by atoms with Crippen LogP contribution in [0.3, 0.4) is 0 Å². The molecule has 0 unspecified atom stereocenters. The van der Waals surface area contributed by atoms with Gasteiger partial charge >= 0.3 is 0 Å². The molecular formula is C102H88. The van der Waals surface area contributed by atoms with E-state index >= 15 is 0 Å². The zero-order valence-corrected chi connectivity index (χ0v) is 60.0. The van der Waals surface area contributed by atoms with E-state index in [1.54, 1.807) is 0 Å². The van der Waals surface area contributed by atoms with Crippen LogP contribution in [-0.2, 0) is 10.8 Å². The highest BCUT2D eigenvalue weighted by Gasteiger charge is 2.46. The third-order valence-electron chi connectivity index (χ3n) is 20.0. The molecule has 18 rings (SSSR count). The molecule has 0 heterocycles. The Hall–Kier alpha value is -12.0. The fraction of sp³-hybridized carbons (Fsp3) is 0.0980. The summed E-state index contributed by atoms with van der Waals surface area (Å²) in [5, 5.41) is 5.21. The van der Waals surface area contributed by atoms with Gasteiger partial charge in [0.15, 0.2) is 0 Å². The standard InChI is InChI=1S/C26H20.2C17H14.C16H16.2C13H12/c1-19-16-17-23-22-14-8-9-15-24(22)26(25(23)18-19,20-10-4-2-5-11-20)21-12-6-3-7-13-21;1-13-9-11-15(12-10-13)17-8-4-6-14-5-2-3-7-16(14)17;1-13-6-8-15(9-7-13)17-11-10-14-4-2-3-5-16(14)12-17;1-11-8-9-13-12-6-4-5-7-14(12)16(2,3)15(13)10-11;1-11-7-5-6-10-13(11)12-8-3-2-4-9-12;1-11-6-5-9-13(10-11)12-7-3-2-4-8-12/h2-18H,1H3;2*2-12H,1H3;4-10H,1-3H3;2*2-10H,1H3. The van der Waals surface area contributed by atoms with Crippen LogP contribution >= 0.6 is 0 Å². The van der Waals surface area contributed by atoms with E-state index in [9.17, 15) is 0 Å². The van der Waals surface area contributed by atoms with Gasteiger partial charge in [-0.3, -0.25) is 0 Å². The summed E-state index contributed by atoms with van der Waals surface area (Å²) >= 11 is 0. The molecule has 0 heteroatoms. The van der Waals surface area contributed by atoms with Crippen molar-refractivity contribution >= 4 is 21.5 Å². The summed E-state index contributed by atoms with van der Waals surface area (Å²) in [6, 6.07) is 139. The van der Waals surface area contributed by atoms with E-state index in [-0.39, 0.29) is 10.8 Å². The van der Waals surface area contributed by atoms with Crippen molar-refractivity contribution < 1.29 is 0 Å². The van der Waals surface area contributed by atoms with Gasteiger partial charge in [-0.2, -0.15) is 0 Å². The van der Waals surface area contributed by atoms with E-state index < -0.39 is 0 Å². The van der Waals surface area contributed by atoms with Crippen LogP contribution in [0.15, 0.2) is 388 Å². The zero-order valence-electron chi connectivity index (χ0n) is 60.0. The summed E-state index contributed by atoms with van der Waals surface area (Å²) in [4.78, 5) is 0. The Morgan fingerprint density at radius 1 is 0.186 bits per heavy atom. The van der Waals surface area contributed by atoms with Crippen LogP contribution in [0.1, 0.15) is 80.6 Å². The molecule has 0 atom stereocenters. The molecule has 496 valence electrons. The first kappa shape index (κ1) is 68.6. The molecule has 0 nitrogen and oxygen atoms in total. The lowest BCUT2D eigenvalue weighted by atomic mass is 9.67. The van der Waals surface area contributed by atoms with Gasteiger partial charge in [0, 0.05) is 5.41 Å². The maximum atomic E-state index is 2.37. The van der Waals surface area contributed by atoms with Crippen LogP contribution in [0.4, 0.5) is 0 Å². The van der Waals surface area contributed by atoms with Crippen molar-refractivity contribution in [2.75, 3.05) is 0 Å². The Labute approximate surface area is 605 Å². The maximum Gasteiger partial charge on any atom is 0.0713 e. The van der Waals surface area contributed by atoms with Gasteiger partial charge in [-0.05, 0) is 175 Å². The van der Waals surface area contributed by atoms with Crippen molar-refractivity contribution in [3.63, 3.8) is 0 Å². The predicted molar refractivity (Wildman–Crippen MR) is 439 cm³/mol. The van der Waals surface area contributed by atoms with Crippen molar-refractivity contribution in [2.24, 2.45) is 0 Å². The van der Waals surface area contributed by atoms with E-state index in [2.05, 4.69) is 432 Å². The fourth-order valence-electron chi connectivity index (χ4n) is 14.7. The van der Waals surface area contributed by atoms with E-state index in [4.69, 9.17) is 0 Å². The van der Waals surface area contributed by atoms with Crippen LogP contribution in [0.25, 0.3) is 88.3 Å². The topological polar surface area (TPSA) is 0 Å². The molecule has 0 amide bonds. The third kappa shape index (κ3) is 15.1. The second-order valence-corrected chi connectivity index (χ2v) is 27.5. The molecule has 0 spiro atoms. The normalized spacial score (nSPS) is 12.1. The van der Waals surface area contributed by atoms with Crippen LogP contribution in [-0.4, -0.2) is 0 Å². The van der Waals surface area contributed by atoms with E-state index in [0.717, 1.165) is 0 Å². The van der Waals surface area contributed by atoms with Crippen molar-refractivity contribution in [1.29, 1.82) is 0 Å². The van der Waals surface area contributed by atoms with Crippen molar-refractivity contribution in [2.45, 2.75) is 66.2 Å². The molecule has 0 bridgehead atoms. The summed E-state index contributed by atoms with van der Waals surface area (Å²) in [5.74, 6) is 0. The Morgan fingerprint density at radius 2 is 0.559 bits per heavy atom. The van der Waals surface area contributed by atoms with E-state index in [1.807, 2.05) is 12.1 Å². The summed E-state index contributed by atoms with van der Waals surface area (Å²) in [5.41, 5.74) is 31.9. The van der Waals surface area contributed by atoms with Gasteiger partial charge in [-0.15, -0.1) is 0 Å². The fourth-order valence-corrected chi connectivity index (χ4v) is 14.7. The molecule has 0 aromatic heterocycles. The molecule has 2 aliphatic carbocycles. The zero-order chi connectivity index (χ0) is 70.4. The number of hydrogen-bond acceptors (Lipinski definition) is 0. The number of benzene rings is 16. The van der Waals surface area contributed by atoms with Gasteiger partial charge in [-0.1, -0.05) is 424 Å². The molecule has 0 fully saturated rings. The molecule has 0 saturated heterocycles. The van der Waals surface area contributed by atoms with Gasteiger partial charge in [0.1, 0.15) is 0 Å². The van der Waals surface area contributed by atoms with Gasteiger partial charge in [0.05, 0.1) is 5.41 Å². The number of fused-ring (bicyclic) bond motifs is 8. The minimum atomic E-state index is -0.263. The molecule has 0 N–H and O–H groups in total. The smallest absolute Gasteiger partial charge is 0.0622 e. The number of rotatable bonds is 6. The van der Waals surface area contributed by atoms with Crippen molar-refractivity contribution in [1.82, 2.24) is 0 Å². The van der Waals surface area contributed by atoms with Crippen LogP contribution < -0.4 is 0 Å². The SMILES string of the molecule is Cc1ccc(-c2ccc3ccccc3c2)cc1.Cc1ccc(-c2cccc3ccccc23)cc1.Cc1ccc2c(c1)C(C)(C)c1ccccc1-2.Cc1ccc2c(c1)C(c1ccccc1)(c1ccccc1)c1ccccc1-2.Cc1cccc(-c2ccccc2)c1.Cc1ccccc1-c1ccccc1. The predicted octanol–water partition coefficient (Wildman–Crippen LogP) is 27.6. The minimum absolute atomic E-state index is 0.151. The first-order chi connectivity index (χ1) is 49.8. The first-order valence-corrected chi connectivity index (χ1v) is 35.7. The van der Waals surface area contributed by atoms with Gasteiger partial charge in [0.25, 0.3) is 0 Å². The molecule has 0 radical (unpaired) electrons. The minimum Gasteiger partial charge on any atom is -0.0622 e. The molecule has 0 saturated carbocycles. The lowest BCUT2D eigenvalue weighted by Crippen LogP contribution is -2.28. The quantitative estimate of drug-likeness (QED) is 0.156. The van der Waals surface area contributed by atoms with Crippen LogP contribution in [0.2, 0.25) is 0 Å². The van der Waals surface area contributed by atoms with Crippen LogP contribution in [0.5, 0.6) is 0 Å². The van der Waals surface area contributed by atoms with Crippen LogP contribution in [0, 0.1) is 41.5 Å². The highest BCUT2D eigenvalue weighted by molar-refractivity contribution is 5.97. The molecule has 102 heavy (non-hydrogen) atoms. The van der Waals surface area contributed by atoms with E-state index in [0.29, 0.717) is 0 Å². The van der Waals surface area contributed by atoms with Gasteiger partial charge in [0.2, 0.25) is 0 Å². The number of aryl methyl sites for hydroxylation is 6.